The molecule has 1 aliphatic heterocycles. The lowest BCUT2D eigenvalue weighted by molar-refractivity contribution is 0.0375. The van der Waals surface area contributed by atoms with Gasteiger partial charge in [0.25, 0.3) is 0 Å². The number of hydrogen-bond donors (Lipinski definition) is 2. The van der Waals surface area contributed by atoms with Gasteiger partial charge in [0.05, 0.1) is 18.2 Å². The van der Waals surface area contributed by atoms with Crippen LogP contribution in [-0.2, 0) is 4.74 Å². The van der Waals surface area contributed by atoms with E-state index in [4.69, 9.17) is 10.5 Å². The molecular formula is C10H13N5O. The van der Waals surface area contributed by atoms with E-state index in [9.17, 15) is 0 Å². The first-order valence-electron chi connectivity index (χ1n) is 5.20. The molecule has 0 bridgehead atoms. The minimum Gasteiger partial charge on any atom is -0.398 e. The van der Waals surface area contributed by atoms with E-state index in [1.165, 1.54) is 0 Å². The molecule has 2 aromatic rings. The highest BCUT2D eigenvalue weighted by molar-refractivity contribution is 5.88. The Labute approximate surface area is 92.4 Å². The molecule has 1 aliphatic rings. The summed E-state index contributed by atoms with van der Waals surface area (Å²) in [7, 11) is 0. The fourth-order valence-corrected chi connectivity index (χ4v) is 1.85. The van der Waals surface area contributed by atoms with Crippen molar-refractivity contribution in [1.82, 2.24) is 20.1 Å². The summed E-state index contributed by atoms with van der Waals surface area (Å²) in [5.41, 5.74) is 8.42. The molecule has 0 spiro atoms. The van der Waals surface area contributed by atoms with Crippen LogP contribution in [0.2, 0.25) is 0 Å². The molecule has 0 amide bonds. The van der Waals surface area contributed by atoms with E-state index >= 15 is 0 Å². The normalized spacial score (nSPS) is 20.7. The van der Waals surface area contributed by atoms with Gasteiger partial charge in [0, 0.05) is 18.4 Å². The fraction of sp³-hybridized carbons (Fsp3) is 0.400. The molecule has 3 rings (SSSR count). The highest BCUT2D eigenvalue weighted by Gasteiger charge is 2.20. The summed E-state index contributed by atoms with van der Waals surface area (Å²) in [6, 6.07) is 0. The SMILES string of the molecule is Cc1cnc2c(cnn2C2NCCO2)c1N. The molecule has 0 aliphatic carbocycles. The second-order valence-corrected chi connectivity index (χ2v) is 3.86. The van der Waals surface area contributed by atoms with Crippen LogP contribution in [0.3, 0.4) is 0 Å². The largest absolute Gasteiger partial charge is 0.398 e. The number of nitrogens with two attached hydrogens (primary N) is 1. The van der Waals surface area contributed by atoms with E-state index in [-0.39, 0.29) is 6.35 Å². The Kier molecular flexibility index (Phi) is 2.05. The van der Waals surface area contributed by atoms with Crippen molar-refractivity contribution >= 4 is 16.7 Å². The van der Waals surface area contributed by atoms with Crippen LogP contribution in [0.25, 0.3) is 11.0 Å². The first kappa shape index (κ1) is 9.56. The lowest BCUT2D eigenvalue weighted by atomic mass is 10.2. The third kappa shape index (κ3) is 1.27. The van der Waals surface area contributed by atoms with Crippen LogP contribution >= 0.6 is 0 Å². The van der Waals surface area contributed by atoms with Crippen LogP contribution in [-0.4, -0.2) is 27.9 Å². The minimum absolute atomic E-state index is 0.230. The quantitative estimate of drug-likeness (QED) is 0.725. The van der Waals surface area contributed by atoms with Gasteiger partial charge in [-0.25, -0.2) is 9.67 Å². The standard InChI is InChI=1S/C10H13N5O/c1-6-4-13-9-7(8(6)11)5-14-15(9)10-12-2-3-16-10/h4-5,10,12H,2-3H2,1H3,(H2,11,13). The average Bonchev–Trinajstić information content (AvgIpc) is 2.91. The first-order chi connectivity index (χ1) is 7.77. The zero-order valence-corrected chi connectivity index (χ0v) is 8.97. The number of nitrogens with one attached hydrogen (secondary N) is 1. The summed E-state index contributed by atoms with van der Waals surface area (Å²) < 4.78 is 7.20. The third-order valence-electron chi connectivity index (χ3n) is 2.78. The molecule has 2 aromatic heterocycles. The number of nitrogens with zero attached hydrogens (tertiary/aromatic N) is 3. The Morgan fingerprint density at radius 3 is 3.19 bits per heavy atom. The first-order valence-corrected chi connectivity index (χ1v) is 5.20. The highest BCUT2D eigenvalue weighted by atomic mass is 16.5. The number of rotatable bonds is 1. The van der Waals surface area contributed by atoms with Crippen LogP contribution in [0, 0.1) is 6.92 Å². The molecule has 3 N–H and O–H groups in total. The number of anilines is 1. The number of fused-ring (bicyclic) bond motifs is 1. The van der Waals surface area contributed by atoms with Gasteiger partial charge in [-0.2, -0.15) is 5.10 Å². The van der Waals surface area contributed by atoms with E-state index in [0.29, 0.717) is 6.61 Å². The number of nitrogen functional groups attached to an aromatic ring is 1. The Balaban J connectivity index is 2.16. The maximum absolute atomic E-state index is 5.98. The summed E-state index contributed by atoms with van der Waals surface area (Å²) in [4.78, 5) is 4.35. The minimum atomic E-state index is -0.230. The third-order valence-corrected chi connectivity index (χ3v) is 2.78. The monoisotopic (exact) mass is 219 g/mol. The van der Waals surface area contributed by atoms with Crippen LogP contribution in [0.4, 0.5) is 5.69 Å². The van der Waals surface area contributed by atoms with Crippen LogP contribution in [0.1, 0.15) is 11.9 Å². The number of pyridine rings is 1. The van der Waals surface area contributed by atoms with Crippen LogP contribution in [0.5, 0.6) is 0 Å². The molecule has 1 fully saturated rings. The zero-order chi connectivity index (χ0) is 11.1. The molecule has 3 heterocycles. The Morgan fingerprint density at radius 1 is 1.56 bits per heavy atom. The second kappa shape index (κ2) is 3.43. The summed E-state index contributed by atoms with van der Waals surface area (Å²) >= 11 is 0. The van der Waals surface area contributed by atoms with E-state index in [0.717, 1.165) is 28.8 Å². The molecule has 6 nitrogen and oxygen atoms in total. The van der Waals surface area contributed by atoms with Crippen molar-refractivity contribution in [3.8, 4) is 0 Å². The van der Waals surface area contributed by atoms with Gasteiger partial charge in [-0.15, -0.1) is 0 Å². The Hall–Kier alpha value is -1.66. The summed E-state index contributed by atoms with van der Waals surface area (Å²) in [5.74, 6) is 0. The topological polar surface area (TPSA) is 78.0 Å². The van der Waals surface area contributed by atoms with Crippen molar-refractivity contribution < 1.29 is 4.74 Å². The lowest BCUT2D eigenvalue weighted by Gasteiger charge is -2.11. The van der Waals surface area contributed by atoms with Crippen molar-refractivity contribution in [1.29, 1.82) is 0 Å². The summed E-state index contributed by atoms with van der Waals surface area (Å²) in [5, 5.41) is 8.32. The lowest BCUT2D eigenvalue weighted by Crippen LogP contribution is -2.22. The molecule has 1 saturated heterocycles. The number of aryl methyl sites for hydroxylation is 1. The highest BCUT2D eigenvalue weighted by Crippen LogP contribution is 2.24. The van der Waals surface area contributed by atoms with Crippen molar-refractivity contribution in [2.45, 2.75) is 13.3 Å². The Bertz CT molecular complexity index is 529. The predicted octanol–water partition coefficient (Wildman–Crippen LogP) is 0.398. The van der Waals surface area contributed by atoms with E-state index in [1.807, 2.05) is 6.92 Å². The molecular weight excluding hydrogens is 206 g/mol. The number of aromatic nitrogens is 3. The maximum Gasteiger partial charge on any atom is 0.208 e. The smallest absolute Gasteiger partial charge is 0.208 e. The average molecular weight is 219 g/mol. The zero-order valence-electron chi connectivity index (χ0n) is 8.97. The molecule has 1 atom stereocenters. The van der Waals surface area contributed by atoms with Crippen LogP contribution < -0.4 is 11.1 Å². The van der Waals surface area contributed by atoms with Crippen molar-refractivity contribution in [2.75, 3.05) is 18.9 Å². The molecule has 16 heavy (non-hydrogen) atoms. The molecule has 0 saturated carbocycles. The molecule has 6 heteroatoms. The van der Waals surface area contributed by atoms with Gasteiger partial charge in [0.1, 0.15) is 0 Å². The number of ether oxygens (including phenoxy) is 1. The predicted molar refractivity (Wildman–Crippen MR) is 59.7 cm³/mol. The summed E-state index contributed by atoms with van der Waals surface area (Å²) in [6.45, 7) is 3.45. The van der Waals surface area contributed by atoms with Gasteiger partial charge in [0.2, 0.25) is 6.35 Å². The second-order valence-electron chi connectivity index (χ2n) is 3.86. The maximum atomic E-state index is 5.98. The van der Waals surface area contributed by atoms with Crippen molar-refractivity contribution in [3.05, 3.63) is 18.0 Å². The van der Waals surface area contributed by atoms with E-state index < -0.39 is 0 Å². The van der Waals surface area contributed by atoms with Crippen molar-refractivity contribution in [3.63, 3.8) is 0 Å². The molecule has 84 valence electrons. The summed E-state index contributed by atoms with van der Waals surface area (Å²) in [6.07, 6.45) is 3.26. The molecule has 1 unspecified atom stereocenters. The van der Waals surface area contributed by atoms with E-state index in [1.54, 1.807) is 17.1 Å². The van der Waals surface area contributed by atoms with Gasteiger partial charge in [-0.05, 0) is 12.5 Å². The molecule has 0 radical (unpaired) electrons. The van der Waals surface area contributed by atoms with Gasteiger partial charge in [-0.3, -0.25) is 5.32 Å². The van der Waals surface area contributed by atoms with Gasteiger partial charge in [0.15, 0.2) is 5.65 Å². The Morgan fingerprint density at radius 2 is 2.44 bits per heavy atom. The van der Waals surface area contributed by atoms with Gasteiger partial charge < -0.3 is 10.5 Å². The number of hydrogen-bond acceptors (Lipinski definition) is 5. The van der Waals surface area contributed by atoms with Gasteiger partial charge in [-0.1, -0.05) is 0 Å². The van der Waals surface area contributed by atoms with Gasteiger partial charge >= 0.3 is 0 Å². The van der Waals surface area contributed by atoms with Crippen LogP contribution in [0.15, 0.2) is 12.4 Å². The van der Waals surface area contributed by atoms with E-state index in [2.05, 4.69) is 15.4 Å². The fourth-order valence-electron chi connectivity index (χ4n) is 1.85. The molecule has 0 aromatic carbocycles. The van der Waals surface area contributed by atoms with Crippen molar-refractivity contribution in [2.24, 2.45) is 0 Å².